The minimum absolute atomic E-state index is 0.0173. The van der Waals surface area contributed by atoms with E-state index in [1.165, 1.54) is 11.0 Å². The van der Waals surface area contributed by atoms with Crippen molar-refractivity contribution in [3.63, 3.8) is 0 Å². The number of nitrogens with one attached hydrogen (secondary N) is 1. The number of pyridine rings is 1. The van der Waals surface area contributed by atoms with E-state index in [9.17, 15) is 28.3 Å². The molecule has 0 bridgehead atoms. The molecule has 1 aliphatic carbocycles. The van der Waals surface area contributed by atoms with Gasteiger partial charge in [0, 0.05) is 18.8 Å². The van der Waals surface area contributed by atoms with E-state index in [4.69, 9.17) is 0 Å². The number of carbonyl (C=O) groups is 3. The number of hydrogen-bond donors (Lipinski definition) is 2. The number of nitrogens with zero attached hydrogens (tertiary/aromatic N) is 2. The molecule has 1 aromatic heterocycles. The maximum Gasteiger partial charge on any atom is 0.388 e. The van der Waals surface area contributed by atoms with Gasteiger partial charge in [-0.1, -0.05) is 38.1 Å². The van der Waals surface area contributed by atoms with Gasteiger partial charge in [-0.05, 0) is 48.9 Å². The predicted octanol–water partition coefficient (Wildman–Crippen LogP) is 3.70. The lowest BCUT2D eigenvalue weighted by Gasteiger charge is -2.50. The highest BCUT2D eigenvalue weighted by Gasteiger charge is 2.63. The average molecular weight is 488 g/mol. The quantitative estimate of drug-likeness (QED) is 0.550. The summed E-state index contributed by atoms with van der Waals surface area (Å²) < 4.78 is 30.4. The summed E-state index contributed by atoms with van der Waals surface area (Å²) in [6.45, 7) is 2.39. The fourth-order valence-electron chi connectivity index (χ4n) is 4.61. The summed E-state index contributed by atoms with van der Waals surface area (Å²) in [7, 11) is 0. The summed E-state index contributed by atoms with van der Waals surface area (Å²) >= 11 is 0. The molecule has 2 N–H and O–H groups in total. The number of carboxylic acid groups (broad SMARTS) is 1. The Labute approximate surface area is 201 Å². The molecule has 0 spiro atoms. The Morgan fingerprint density at radius 3 is 2.34 bits per heavy atom. The standard InChI is InChI=1S/C25H27F2N3O5/c1-14(2)16-6-4-5-7-17(16)25(12-30(13-25)21(32)24(10-11-24)22(33)34)20(31)29-18-9-8-15(3)28-19(18)35-23(26)27/h4-9,14,23H,10-13H2,1-3H3,(H,29,31)(H,33,34). The van der Waals surface area contributed by atoms with Crippen LogP contribution in [0.4, 0.5) is 14.5 Å². The van der Waals surface area contributed by atoms with Crippen molar-refractivity contribution in [2.75, 3.05) is 18.4 Å². The number of hydrogen-bond acceptors (Lipinski definition) is 5. The first kappa shape index (κ1) is 24.6. The second-order valence-electron chi connectivity index (χ2n) is 9.51. The van der Waals surface area contributed by atoms with Gasteiger partial charge in [0.25, 0.3) is 0 Å². The average Bonchev–Trinajstić information content (AvgIpc) is 3.57. The zero-order valence-corrected chi connectivity index (χ0v) is 19.7. The maximum atomic E-state index is 13.7. The molecule has 186 valence electrons. The van der Waals surface area contributed by atoms with Crippen LogP contribution in [0.15, 0.2) is 36.4 Å². The maximum absolute atomic E-state index is 13.7. The van der Waals surface area contributed by atoms with Gasteiger partial charge in [-0.2, -0.15) is 8.78 Å². The zero-order chi connectivity index (χ0) is 25.5. The third kappa shape index (κ3) is 4.33. The Hall–Kier alpha value is -3.56. The monoisotopic (exact) mass is 487 g/mol. The number of halogens is 2. The molecule has 2 fully saturated rings. The second-order valence-corrected chi connectivity index (χ2v) is 9.51. The molecule has 0 unspecified atom stereocenters. The molecule has 1 saturated carbocycles. The van der Waals surface area contributed by atoms with Crippen LogP contribution in [0.3, 0.4) is 0 Å². The highest BCUT2D eigenvalue weighted by atomic mass is 19.3. The van der Waals surface area contributed by atoms with E-state index >= 15 is 0 Å². The van der Waals surface area contributed by atoms with Crippen LogP contribution in [-0.4, -0.2) is 52.5 Å². The van der Waals surface area contributed by atoms with E-state index in [0.29, 0.717) is 11.3 Å². The molecule has 1 aromatic carbocycles. The van der Waals surface area contributed by atoms with E-state index < -0.39 is 41.1 Å². The van der Waals surface area contributed by atoms with E-state index in [2.05, 4.69) is 15.0 Å². The Kier molecular flexibility index (Phi) is 6.25. The van der Waals surface area contributed by atoms with Gasteiger partial charge in [-0.15, -0.1) is 0 Å². The fourth-order valence-corrected chi connectivity index (χ4v) is 4.61. The number of amides is 2. The van der Waals surface area contributed by atoms with Gasteiger partial charge in [0.2, 0.25) is 17.7 Å². The van der Waals surface area contributed by atoms with Gasteiger partial charge in [0.15, 0.2) is 0 Å². The van der Waals surface area contributed by atoms with Crippen molar-refractivity contribution < 1.29 is 33.0 Å². The Balaban J connectivity index is 1.69. The van der Waals surface area contributed by atoms with Crippen molar-refractivity contribution in [1.29, 1.82) is 0 Å². The molecule has 0 atom stereocenters. The number of ether oxygens (including phenoxy) is 1. The largest absolute Gasteiger partial charge is 0.480 e. The van der Waals surface area contributed by atoms with Gasteiger partial charge in [-0.25, -0.2) is 4.98 Å². The van der Waals surface area contributed by atoms with Crippen molar-refractivity contribution in [2.45, 2.75) is 51.6 Å². The van der Waals surface area contributed by atoms with Crippen molar-refractivity contribution in [1.82, 2.24) is 9.88 Å². The fraction of sp³-hybridized carbons (Fsp3) is 0.440. The SMILES string of the molecule is Cc1ccc(NC(=O)C2(c3ccccc3C(C)C)CN(C(=O)C3(C(=O)O)CC3)C2)c(OC(F)F)n1. The molecule has 2 amide bonds. The van der Waals surface area contributed by atoms with Crippen LogP contribution in [-0.2, 0) is 19.8 Å². The van der Waals surface area contributed by atoms with E-state index in [0.717, 1.165) is 5.56 Å². The lowest BCUT2D eigenvalue weighted by Crippen LogP contribution is -2.68. The summed E-state index contributed by atoms with van der Waals surface area (Å²) in [6, 6.07) is 10.4. The minimum Gasteiger partial charge on any atom is -0.480 e. The van der Waals surface area contributed by atoms with Crippen LogP contribution in [0.2, 0.25) is 0 Å². The Morgan fingerprint density at radius 1 is 1.11 bits per heavy atom. The molecule has 2 heterocycles. The lowest BCUT2D eigenvalue weighted by atomic mass is 9.69. The molecule has 10 heteroatoms. The Bertz CT molecular complexity index is 1170. The predicted molar refractivity (Wildman–Crippen MR) is 122 cm³/mol. The number of carbonyl (C=O) groups excluding carboxylic acids is 2. The highest BCUT2D eigenvalue weighted by molar-refractivity contribution is 6.08. The van der Waals surface area contributed by atoms with E-state index in [-0.39, 0.29) is 37.5 Å². The zero-order valence-electron chi connectivity index (χ0n) is 19.7. The molecule has 8 nitrogen and oxygen atoms in total. The Morgan fingerprint density at radius 2 is 1.77 bits per heavy atom. The summed E-state index contributed by atoms with van der Waals surface area (Å²) in [5, 5.41) is 12.2. The first-order valence-electron chi connectivity index (χ1n) is 11.4. The molecule has 1 aliphatic heterocycles. The second kappa shape index (κ2) is 8.90. The van der Waals surface area contributed by atoms with Crippen molar-refractivity contribution in [3.05, 3.63) is 53.2 Å². The number of rotatable bonds is 8. The van der Waals surface area contributed by atoms with Gasteiger partial charge in [0.1, 0.15) is 16.5 Å². The number of carboxylic acids is 1. The van der Waals surface area contributed by atoms with Crippen LogP contribution in [0.5, 0.6) is 5.88 Å². The van der Waals surface area contributed by atoms with Crippen molar-refractivity contribution in [3.8, 4) is 5.88 Å². The third-order valence-electron chi connectivity index (χ3n) is 6.76. The van der Waals surface area contributed by atoms with Gasteiger partial charge in [0.05, 0.1) is 0 Å². The smallest absolute Gasteiger partial charge is 0.388 e. The van der Waals surface area contributed by atoms with Crippen LogP contribution in [0.1, 0.15) is 49.4 Å². The van der Waals surface area contributed by atoms with Crippen molar-refractivity contribution in [2.24, 2.45) is 5.41 Å². The van der Waals surface area contributed by atoms with Gasteiger partial charge < -0.3 is 20.1 Å². The number of alkyl halides is 2. The van der Waals surface area contributed by atoms with Gasteiger partial charge >= 0.3 is 12.6 Å². The summed E-state index contributed by atoms with van der Waals surface area (Å²) in [5.74, 6) is -2.52. The number of aromatic nitrogens is 1. The number of aliphatic carboxylic acids is 1. The van der Waals surface area contributed by atoms with Crippen LogP contribution < -0.4 is 10.1 Å². The molecular formula is C25H27F2N3O5. The number of benzene rings is 1. The van der Waals surface area contributed by atoms with Crippen molar-refractivity contribution >= 4 is 23.5 Å². The van der Waals surface area contributed by atoms with Crippen LogP contribution >= 0.6 is 0 Å². The lowest BCUT2D eigenvalue weighted by molar-refractivity contribution is -0.158. The minimum atomic E-state index is -3.13. The molecule has 2 aromatic rings. The first-order chi connectivity index (χ1) is 16.5. The number of aryl methyl sites for hydroxylation is 1. The third-order valence-corrected chi connectivity index (χ3v) is 6.76. The summed E-state index contributed by atoms with van der Waals surface area (Å²) in [5.41, 5.74) is -0.593. The first-order valence-corrected chi connectivity index (χ1v) is 11.4. The molecule has 2 aliphatic rings. The van der Waals surface area contributed by atoms with E-state index in [1.807, 2.05) is 32.0 Å². The molecular weight excluding hydrogens is 460 g/mol. The summed E-state index contributed by atoms with van der Waals surface area (Å²) in [6.07, 6.45) is 0.533. The molecule has 4 rings (SSSR count). The molecule has 35 heavy (non-hydrogen) atoms. The van der Waals surface area contributed by atoms with Crippen LogP contribution in [0, 0.1) is 12.3 Å². The highest BCUT2D eigenvalue weighted by Crippen LogP contribution is 2.50. The van der Waals surface area contributed by atoms with Crippen LogP contribution in [0.25, 0.3) is 0 Å². The number of likely N-dealkylation sites (tertiary alicyclic amines) is 1. The molecule has 1 saturated heterocycles. The normalized spacial score (nSPS) is 17.6. The molecule has 0 radical (unpaired) electrons. The topological polar surface area (TPSA) is 109 Å². The van der Waals surface area contributed by atoms with Gasteiger partial charge in [-0.3, -0.25) is 14.4 Å². The summed E-state index contributed by atoms with van der Waals surface area (Å²) in [4.78, 5) is 43.8. The van der Waals surface area contributed by atoms with E-state index in [1.54, 1.807) is 19.1 Å². The number of anilines is 1.